The van der Waals surface area contributed by atoms with Crippen molar-refractivity contribution >= 4 is 11.8 Å². The van der Waals surface area contributed by atoms with E-state index in [0.29, 0.717) is 13.0 Å². The second-order valence-corrected chi connectivity index (χ2v) is 5.98. The normalized spacial score (nSPS) is 22.9. The highest BCUT2D eigenvalue weighted by molar-refractivity contribution is 5.86. The lowest BCUT2D eigenvalue weighted by Crippen LogP contribution is -2.44. The number of rotatable bonds is 3. The van der Waals surface area contributed by atoms with Crippen LogP contribution in [0.4, 0.5) is 0 Å². The van der Waals surface area contributed by atoms with Crippen molar-refractivity contribution in [2.75, 3.05) is 19.6 Å². The number of piperidine rings is 1. The Morgan fingerprint density at radius 3 is 2.90 bits per heavy atom. The summed E-state index contributed by atoms with van der Waals surface area (Å²) in [5.41, 5.74) is 2.13. The van der Waals surface area contributed by atoms with Crippen LogP contribution in [0.2, 0.25) is 0 Å². The fourth-order valence-corrected chi connectivity index (χ4v) is 3.35. The van der Waals surface area contributed by atoms with Gasteiger partial charge in [-0.05, 0) is 38.2 Å². The van der Waals surface area contributed by atoms with Gasteiger partial charge in [0.05, 0.1) is 24.5 Å². The monoisotopic (exact) mass is 290 g/mol. The molecule has 2 saturated heterocycles. The molecule has 6 nitrogen and oxygen atoms in total. The van der Waals surface area contributed by atoms with Crippen LogP contribution in [0.15, 0.2) is 6.20 Å². The van der Waals surface area contributed by atoms with Crippen LogP contribution in [0.5, 0.6) is 0 Å². The highest BCUT2D eigenvalue weighted by Crippen LogP contribution is 2.31. The SMILES string of the molecule is Cc1cn[nH]c1C1CCCCN1C(=O)CN1CCCC1=O. The Morgan fingerprint density at radius 1 is 1.38 bits per heavy atom. The van der Waals surface area contributed by atoms with Gasteiger partial charge in [0, 0.05) is 19.5 Å². The third-order valence-corrected chi connectivity index (χ3v) is 4.52. The molecule has 1 N–H and O–H groups in total. The molecule has 0 radical (unpaired) electrons. The smallest absolute Gasteiger partial charge is 0.242 e. The van der Waals surface area contributed by atoms with E-state index in [9.17, 15) is 9.59 Å². The molecule has 0 aliphatic carbocycles. The van der Waals surface area contributed by atoms with Gasteiger partial charge in [-0.25, -0.2) is 0 Å². The Kier molecular flexibility index (Phi) is 3.94. The minimum atomic E-state index is 0.0592. The van der Waals surface area contributed by atoms with Gasteiger partial charge >= 0.3 is 0 Å². The maximum absolute atomic E-state index is 12.6. The van der Waals surface area contributed by atoms with E-state index in [1.807, 2.05) is 11.8 Å². The molecule has 3 heterocycles. The molecular formula is C15H22N4O2. The number of hydrogen-bond acceptors (Lipinski definition) is 3. The van der Waals surface area contributed by atoms with E-state index in [-0.39, 0.29) is 24.4 Å². The predicted molar refractivity (Wildman–Crippen MR) is 77.4 cm³/mol. The van der Waals surface area contributed by atoms with Crippen molar-refractivity contribution in [2.45, 2.75) is 45.1 Å². The van der Waals surface area contributed by atoms with Crippen molar-refractivity contribution in [1.29, 1.82) is 0 Å². The maximum Gasteiger partial charge on any atom is 0.242 e. The number of aromatic amines is 1. The quantitative estimate of drug-likeness (QED) is 0.914. The number of carbonyl (C=O) groups excluding carboxylic acids is 2. The van der Waals surface area contributed by atoms with Gasteiger partial charge in [-0.2, -0.15) is 5.10 Å². The highest BCUT2D eigenvalue weighted by atomic mass is 16.2. The number of hydrogen-bond donors (Lipinski definition) is 1. The fraction of sp³-hybridized carbons (Fsp3) is 0.667. The Morgan fingerprint density at radius 2 is 2.24 bits per heavy atom. The van der Waals surface area contributed by atoms with Crippen LogP contribution in [0.25, 0.3) is 0 Å². The zero-order valence-corrected chi connectivity index (χ0v) is 12.5. The van der Waals surface area contributed by atoms with Crippen LogP contribution in [-0.4, -0.2) is 51.4 Å². The number of carbonyl (C=O) groups is 2. The Balaban J connectivity index is 1.73. The summed E-state index contributed by atoms with van der Waals surface area (Å²) in [5, 5.41) is 7.12. The molecular weight excluding hydrogens is 268 g/mol. The molecule has 2 aliphatic heterocycles. The molecule has 2 aliphatic rings. The van der Waals surface area contributed by atoms with E-state index in [0.717, 1.165) is 43.5 Å². The predicted octanol–water partition coefficient (Wildman–Crippen LogP) is 1.39. The summed E-state index contributed by atoms with van der Waals surface area (Å²) in [7, 11) is 0. The van der Waals surface area contributed by atoms with Gasteiger partial charge < -0.3 is 9.80 Å². The van der Waals surface area contributed by atoms with Crippen molar-refractivity contribution in [3.8, 4) is 0 Å². The summed E-state index contributed by atoms with van der Waals surface area (Å²) in [6.07, 6.45) is 6.36. The minimum absolute atomic E-state index is 0.0592. The molecule has 114 valence electrons. The van der Waals surface area contributed by atoms with Crippen molar-refractivity contribution in [3.05, 3.63) is 17.5 Å². The van der Waals surface area contributed by atoms with Crippen molar-refractivity contribution < 1.29 is 9.59 Å². The number of likely N-dealkylation sites (tertiary alicyclic amines) is 2. The number of nitrogens with zero attached hydrogens (tertiary/aromatic N) is 3. The number of nitrogens with one attached hydrogen (secondary N) is 1. The zero-order chi connectivity index (χ0) is 14.8. The topological polar surface area (TPSA) is 69.3 Å². The molecule has 0 bridgehead atoms. The molecule has 0 spiro atoms. The van der Waals surface area contributed by atoms with Crippen LogP contribution < -0.4 is 0 Å². The third kappa shape index (κ3) is 2.80. The summed E-state index contributed by atoms with van der Waals surface area (Å²) in [4.78, 5) is 27.9. The molecule has 0 saturated carbocycles. The van der Waals surface area contributed by atoms with E-state index < -0.39 is 0 Å². The number of amides is 2. The van der Waals surface area contributed by atoms with Crippen LogP contribution >= 0.6 is 0 Å². The Labute approximate surface area is 124 Å². The first-order chi connectivity index (χ1) is 10.2. The van der Waals surface area contributed by atoms with Crippen LogP contribution in [0.3, 0.4) is 0 Å². The summed E-state index contributed by atoms with van der Waals surface area (Å²) in [6.45, 7) is 3.72. The lowest BCUT2D eigenvalue weighted by molar-refractivity contribution is -0.141. The minimum Gasteiger partial charge on any atom is -0.333 e. The molecule has 0 aromatic carbocycles. The molecule has 6 heteroatoms. The Hall–Kier alpha value is -1.85. The number of aromatic nitrogens is 2. The number of H-pyrrole nitrogens is 1. The second kappa shape index (κ2) is 5.87. The lowest BCUT2D eigenvalue weighted by atomic mass is 9.97. The molecule has 1 aromatic heterocycles. The van der Waals surface area contributed by atoms with Gasteiger partial charge in [-0.3, -0.25) is 14.7 Å². The molecule has 1 unspecified atom stereocenters. The molecule has 3 rings (SSSR count). The molecule has 1 aromatic rings. The summed E-state index contributed by atoms with van der Waals surface area (Å²) < 4.78 is 0. The lowest BCUT2D eigenvalue weighted by Gasteiger charge is -2.36. The van der Waals surface area contributed by atoms with Crippen molar-refractivity contribution in [3.63, 3.8) is 0 Å². The molecule has 2 amide bonds. The highest BCUT2D eigenvalue weighted by Gasteiger charge is 2.32. The van der Waals surface area contributed by atoms with E-state index in [4.69, 9.17) is 0 Å². The van der Waals surface area contributed by atoms with Gasteiger partial charge in [-0.1, -0.05) is 0 Å². The van der Waals surface area contributed by atoms with Gasteiger partial charge in [0.15, 0.2) is 0 Å². The molecule has 2 fully saturated rings. The van der Waals surface area contributed by atoms with Gasteiger partial charge in [-0.15, -0.1) is 0 Å². The van der Waals surface area contributed by atoms with Gasteiger partial charge in [0.2, 0.25) is 11.8 Å². The van der Waals surface area contributed by atoms with E-state index >= 15 is 0 Å². The van der Waals surface area contributed by atoms with Crippen molar-refractivity contribution in [2.24, 2.45) is 0 Å². The summed E-state index contributed by atoms with van der Waals surface area (Å²) in [6, 6.07) is 0.0754. The first-order valence-electron chi connectivity index (χ1n) is 7.74. The fourth-order valence-electron chi connectivity index (χ4n) is 3.35. The second-order valence-electron chi connectivity index (χ2n) is 5.98. The molecule has 1 atom stereocenters. The molecule has 21 heavy (non-hydrogen) atoms. The average Bonchev–Trinajstić information content (AvgIpc) is 3.08. The van der Waals surface area contributed by atoms with Crippen LogP contribution in [-0.2, 0) is 9.59 Å². The van der Waals surface area contributed by atoms with Crippen LogP contribution in [0.1, 0.15) is 49.4 Å². The average molecular weight is 290 g/mol. The van der Waals surface area contributed by atoms with E-state index in [2.05, 4.69) is 10.2 Å². The third-order valence-electron chi connectivity index (χ3n) is 4.52. The van der Waals surface area contributed by atoms with E-state index in [1.54, 1.807) is 11.1 Å². The first kappa shape index (κ1) is 14.1. The summed E-state index contributed by atoms with van der Waals surface area (Å²) in [5.74, 6) is 0.165. The number of aryl methyl sites for hydroxylation is 1. The first-order valence-corrected chi connectivity index (χ1v) is 7.74. The largest absolute Gasteiger partial charge is 0.333 e. The van der Waals surface area contributed by atoms with Crippen LogP contribution in [0, 0.1) is 6.92 Å². The summed E-state index contributed by atoms with van der Waals surface area (Å²) >= 11 is 0. The van der Waals surface area contributed by atoms with Crippen molar-refractivity contribution in [1.82, 2.24) is 20.0 Å². The van der Waals surface area contributed by atoms with E-state index in [1.165, 1.54) is 0 Å². The maximum atomic E-state index is 12.6. The standard InChI is InChI=1S/C15H22N4O2/c1-11-9-16-17-15(11)12-5-2-3-8-19(12)14(21)10-18-7-4-6-13(18)20/h9,12H,2-8,10H2,1H3,(H,16,17). The zero-order valence-electron chi connectivity index (χ0n) is 12.5. The van der Waals surface area contributed by atoms with Gasteiger partial charge in [0.1, 0.15) is 0 Å². The Bertz CT molecular complexity index is 540. The van der Waals surface area contributed by atoms with Gasteiger partial charge in [0.25, 0.3) is 0 Å².